The molecule has 28 heavy (non-hydrogen) atoms. The second-order valence-electron chi connectivity index (χ2n) is 7.00. The zero-order valence-corrected chi connectivity index (χ0v) is 17.7. The van der Waals surface area contributed by atoms with E-state index in [1.807, 2.05) is 23.7 Å². The molecule has 146 valence electrons. The van der Waals surface area contributed by atoms with Crippen LogP contribution in [0.1, 0.15) is 34.5 Å². The van der Waals surface area contributed by atoms with Gasteiger partial charge < -0.3 is 9.47 Å². The van der Waals surface area contributed by atoms with Crippen LogP contribution in [0.3, 0.4) is 0 Å². The lowest BCUT2D eigenvalue weighted by Crippen LogP contribution is -2.29. The van der Waals surface area contributed by atoms with Crippen molar-refractivity contribution in [2.45, 2.75) is 31.3 Å². The number of thiazole rings is 1. The normalized spacial score (nSPS) is 14.4. The minimum absolute atomic E-state index is 0.0888. The molecule has 6 nitrogen and oxygen atoms in total. The van der Waals surface area contributed by atoms with Crippen molar-refractivity contribution in [2.75, 3.05) is 23.7 Å². The van der Waals surface area contributed by atoms with E-state index in [4.69, 9.17) is 0 Å². The minimum atomic E-state index is 0.0888. The molecule has 3 heterocycles. The maximum Gasteiger partial charge on any atom is 0.191 e. The molecule has 8 heteroatoms. The Hall–Kier alpha value is -2.19. The summed E-state index contributed by atoms with van der Waals surface area (Å²) >= 11 is 2.92. The molecule has 0 radical (unpaired) electrons. The van der Waals surface area contributed by atoms with Crippen molar-refractivity contribution in [3.05, 3.63) is 40.9 Å². The van der Waals surface area contributed by atoms with E-state index >= 15 is 0 Å². The van der Waals surface area contributed by atoms with E-state index in [1.54, 1.807) is 6.20 Å². The summed E-state index contributed by atoms with van der Waals surface area (Å²) in [5.41, 5.74) is 2.21. The number of carbonyl (C=O) groups excluding carboxylic acids is 1. The summed E-state index contributed by atoms with van der Waals surface area (Å²) < 4.78 is 1.94. The minimum Gasteiger partial charge on any atom is -0.348 e. The zero-order valence-electron chi connectivity index (χ0n) is 16.1. The molecule has 0 unspecified atom stereocenters. The van der Waals surface area contributed by atoms with E-state index in [0.717, 1.165) is 34.8 Å². The van der Waals surface area contributed by atoms with Gasteiger partial charge in [0.25, 0.3) is 0 Å². The Labute approximate surface area is 173 Å². The quantitative estimate of drug-likeness (QED) is 0.445. The first-order chi connectivity index (χ1) is 13.6. The van der Waals surface area contributed by atoms with Gasteiger partial charge in [-0.15, -0.1) is 10.2 Å². The van der Waals surface area contributed by atoms with Crippen molar-refractivity contribution in [1.29, 1.82) is 0 Å². The van der Waals surface area contributed by atoms with Crippen LogP contribution >= 0.6 is 23.1 Å². The van der Waals surface area contributed by atoms with Crippen LogP contribution in [0.25, 0.3) is 11.4 Å². The van der Waals surface area contributed by atoms with Gasteiger partial charge in [-0.2, -0.15) is 0 Å². The number of Topliss-reactive ketones (excluding diaryl/α,β-unsaturated/α-hetero) is 1. The van der Waals surface area contributed by atoms with E-state index in [1.165, 1.54) is 47.9 Å². The molecule has 0 aliphatic carbocycles. The molecule has 0 saturated carbocycles. The number of carbonyl (C=O) groups is 1. The summed E-state index contributed by atoms with van der Waals surface area (Å²) in [5, 5.41) is 10.3. The topological polar surface area (TPSA) is 63.9 Å². The number of ketones is 1. The van der Waals surface area contributed by atoms with Crippen molar-refractivity contribution < 1.29 is 4.79 Å². The van der Waals surface area contributed by atoms with E-state index < -0.39 is 0 Å². The summed E-state index contributed by atoms with van der Waals surface area (Å²) in [6, 6.07) is 8.18. The van der Waals surface area contributed by atoms with Crippen molar-refractivity contribution >= 4 is 34.0 Å². The van der Waals surface area contributed by atoms with Crippen molar-refractivity contribution in [2.24, 2.45) is 7.05 Å². The maximum absolute atomic E-state index is 12.6. The number of aromatic nitrogens is 4. The molecule has 1 saturated heterocycles. The number of anilines is 1. The molecule has 0 amide bonds. The van der Waals surface area contributed by atoms with Crippen LogP contribution < -0.4 is 4.90 Å². The number of rotatable bonds is 6. The summed E-state index contributed by atoms with van der Waals surface area (Å²) in [4.78, 5) is 20.1. The number of benzene rings is 1. The Balaban J connectivity index is 1.41. The highest BCUT2D eigenvalue weighted by molar-refractivity contribution is 7.99. The first-order valence-electron chi connectivity index (χ1n) is 9.45. The van der Waals surface area contributed by atoms with Gasteiger partial charge in [0.1, 0.15) is 0 Å². The predicted molar refractivity (Wildman–Crippen MR) is 114 cm³/mol. The standard InChI is InChI=1S/C20H23N5OS2/c1-14-7-6-8-15(11-14)18-22-23-20(24(18)2)27-13-16(26)17-12-21-19(28-17)25-9-4-3-5-10-25/h6-8,11-12H,3-5,9-10,13H2,1-2H3. The molecule has 1 aliphatic rings. The zero-order chi connectivity index (χ0) is 19.5. The van der Waals surface area contributed by atoms with Gasteiger partial charge in [-0.05, 0) is 32.3 Å². The average Bonchev–Trinajstić information content (AvgIpc) is 3.34. The predicted octanol–water partition coefficient (Wildman–Crippen LogP) is 4.21. The molecule has 0 bridgehead atoms. The van der Waals surface area contributed by atoms with Crippen LogP contribution in [0.15, 0.2) is 35.6 Å². The fourth-order valence-electron chi connectivity index (χ4n) is 3.30. The number of nitrogens with zero attached hydrogens (tertiary/aromatic N) is 5. The average molecular weight is 414 g/mol. The van der Waals surface area contributed by atoms with Crippen LogP contribution in [0, 0.1) is 6.92 Å². The van der Waals surface area contributed by atoms with Gasteiger partial charge in [-0.25, -0.2) is 4.98 Å². The van der Waals surface area contributed by atoms with Crippen molar-refractivity contribution in [3.63, 3.8) is 0 Å². The molecule has 1 fully saturated rings. The SMILES string of the molecule is Cc1cccc(-c2nnc(SCC(=O)c3cnc(N4CCCCC4)s3)n2C)c1. The smallest absolute Gasteiger partial charge is 0.191 e. The van der Waals surface area contributed by atoms with Gasteiger partial charge in [0.15, 0.2) is 21.9 Å². The largest absolute Gasteiger partial charge is 0.348 e. The number of aryl methyl sites for hydroxylation is 1. The Morgan fingerprint density at radius 2 is 2.04 bits per heavy atom. The number of hydrogen-bond acceptors (Lipinski definition) is 7. The van der Waals surface area contributed by atoms with Gasteiger partial charge in [0, 0.05) is 25.7 Å². The summed E-state index contributed by atoms with van der Waals surface area (Å²) in [5.74, 6) is 1.23. The van der Waals surface area contributed by atoms with Crippen LogP contribution in [0.5, 0.6) is 0 Å². The molecule has 0 N–H and O–H groups in total. The fraction of sp³-hybridized carbons (Fsp3) is 0.400. The van der Waals surface area contributed by atoms with Crippen molar-refractivity contribution in [3.8, 4) is 11.4 Å². The molecule has 4 rings (SSSR count). The molecule has 1 aromatic carbocycles. The first kappa shape index (κ1) is 19.1. The van der Waals surface area contributed by atoms with Gasteiger partial charge in [0.2, 0.25) is 0 Å². The Morgan fingerprint density at radius 3 is 2.82 bits per heavy atom. The van der Waals surface area contributed by atoms with Crippen LogP contribution in [-0.2, 0) is 7.05 Å². The fourth-order valence-corrected chi connectivity index (χ4v) is 5.09. The number of hydrogen-bond donors (Lipinski definition) is 0. The first-order valence-corrected chi connectivity index (χ1v) is 11.3. The van der Waals surface area contributed by atoms with Crippen molar-refractivity contribution in [1.82, 2.24) is 19.7 Å². The number of piperidine rings is 1. The van der Waals surface area contributed by atoms with Gasteiger partial charge in [0.05, 0.1) is 16.8 Å². The summed E-state index contributed by atoms with van der Waals surface area (Å²) in [6.07, 6.45) is 5.40. The molecule has 0 atom stereocenters. The monoisotopic (exact) mass is 413 g/mol. The Kier molecular flexibility index (Phi) is 5.77. The lowest BCUT2D eigenvalue weighted by Gasteiger charge is -2.25. The second-order valence-corrected chi connectivity index (χ2v) is 8.95. The molecule has 0 spiro atoms. The summed E-state index contributed by atoms with van der Waals surface area (Å²) in [6.45, 7) is 4.13. The van der Waals surface area contributed by atoms with E-state index in [2.05, 4.69) is 39.1 Å². The molecule has 1 aliphatic heterocycles. The highest BCUT2D eigenvalue weighted by Gasteiger charge is 2.18. The highest BCUT2D eigenvalue weighted by Crippen LogP contribution is 2.28. The lowest BCUT2D eigenvalue weighted by molar-refractivity contribution is 0.102. The highest BCUT2D eigenvalue weighted by atomic mass is 32.2. The molecule has 3 aromatic rings. The second kappa shape index (κ2) is 8.45. The molecular formula is C20H23N5OS2. The third kappa shape index (κ3) is 4.12. The lowest BCUT2D eigenvalue weighted by atomic mass is 10.1. The van der Waals surface area contributed by atoms with Gasteiger partial charge >= 0.3 is 0 Å². The maximum atomic E-state index is 12.6. The van der Waals surface area contributed by atoms with Gasteiger partial charge in [-0.1, -0.05) is 46.9 Å². The van der Waals surface area contributed by atoms with Crippen LogP contribution in [0.4, 0.5) is 5.13 Å². The van der Waals surface area contributed by atoms with E-state index in [0.29, 0.717) is 10.6 Å². The molecule has 2 aromatic heterocycles. The van der Waals surface area contributed by atoms with E-state index in [9.17, 15) is 4.79 Å². The van der Waals surface area contributed by atoms with Crippen LogP contribution in [0.2, 0.25) is 0 Å². The Bertz CT molecular complexity index is 975. The summed E-state index contributed by atoms with van der Waals surface area (Å²) in [7, 11) is 1.94. The molecular weight excluding hydrogens is 390 g/mol. The van der Waals surface area contributed by atoms with E-state index in [-0.39, 0.29) is 5.78 Å². The van der Waals surface area contributed by atoms with Gasteiger partial charge in [-0.3, -0.25) is 4.79 Å². The third-order valence-electron chi connectivity index (χ3n) is 4.84. The third-order valence-corrected chi connectivity index (χ3v) is 6.96. The van der Waals surface area contributed by atoms with Crippen LogP contribution in [-0.4, -0.2) is 44.4 Å². The Morgan fingerprint density at radius 1 is 1.21 bits per heavy atom. The number of thioether (sulfide) groups is 1.